The monoisotopic (exact) mass is 531 g/mol. The molecule has 2 amide bonds. The van der Waals surface area contributed by atoms with Gasteiger partial charge in [-0.05, 0) is 79.7 Å². The summed E-state index contributed by atoms with van der Waals surface area (Å²) in [6.45, 7) is 3.22. The van der Waals surface area contributed by atoms with E-state index in [0.717, 1.165) is 23.3 Å². The fourth-order valence-corrected chi connectivity index (χ4v) is 6.50. The first-order valence-corrected chi connectivity index (χ1v) is 14.6. The van der Waals surface area contributed by atoms with Gasteiger partial charge in [0.1, 0.15) is 19.0 Å². The minimum absolute atomic E-state index is 0.0728. The maximum Gasteiger partial charge on any atom is 0.416 e. The molecule has 0 bridgehead atoms. The molecular weight excluding hydrogens is 490 g/mol. The van der Waals surface area contributed by atoms with Gasteiger partial charge < -0.3 is 14.2 Å². The van der Waals surface area contributed by atoms with E-state index in [1.54, 1.807) is 0 Å². The molecule has 0 aromatic heterocycles. The summed E-state index contributed by atoms with van der Waals surface area (Å²) in [5.41, 5.74) is 3.79. The molecule has 2 aromatic rings. The Balaban J connectivity index is 1.20. The summed E-state index contributed by atoms with van der Waals surface area (Å²) in [6, 6.07) is 17.4. The zero-order valence-electron chi connectivity index (χ0n) is 23.1. The van der Waals surface area contributed by atoms with E-state index >= 15 is 0 Å². The Morgan fingerprint density at radius 3 is 2.51 bits per heavy atom. The molecule has 2 fully saturated rings. The first-order valence-electron chi connectivity index (χ1n) is 14.6. The number of carbonyl (C=O) groups is 2. The highest BCUT2D eigenvalue weighted by atomic mass is 16.6. The molecule has 1 unspecified atom stereocenters. The fraction of sp³-hybridized carbons (Fsp3) is 0.515. The third kappa shape index (κ3) is 6.91. The molecule has 1 saturated heterocycles. The summed E-state index contributed by atoms with van der Waals surface area (Å²) in [4.78, 5) is 27.0. The second kappa shape index (κ2) is 12.8. The first kappa shape index (κ1) is 27.4. The molecule has 6 heteroatoms. The number of ether oxygens (including phenoxy) is 3. The highest BCUT2D eigenvalue weighted by Crippen LogP contribution is 2.45. The van der Waals surface area contributed by atoms with Crippen LogP contribution in [0.2, 0.25) is 0 Å². The van der Waals surface area contributed by atoms with Gasteiger partial charge in [-0.25, -0.2) is 9.69 Å². The molecule has 3 aliphatic rings. The van der Waals surface area contributed by atoms with Gasteiger partial charge in [-0.1, -0.05) is 67.8 Å². The molecule has 2 aromatic carbocycles. The minimum atomic E-state index is -0.577. The number of carbonyl (C=O) groups excluding carboxylic acids is 2. The van der Waals surface area contributed by atoms with Crippen LogP contribution in [0.5, 0.6) is 5.75 Å². The van der Waals surface area contributed by atoms with Crippen LogP contribution in [-0.2, 0) is 20.7 Å². The van der Waals surface area contributed by atoms with E-state index in [-0.39, 0.29) is 25.0 Å². The van der Waals surface area contributed by atoms with Crippen LogP contribution in [0.4, 0.5) is 4.79 Å². The van der Waals surface area contributed by atoms with Crippen molar-refractivity contribution in [2.45, 2.75) is 83.3 Å². The zero-order valence-corrected chi connectivity index (χ0v) is 23.1. The van der Waals surface area contributed by atoms with Crippen molar-refractivity contribution in [1.82, 2.24) is 4.90 Å². The lowest BCUT2D eigenvalue weighted by Crippen LogP contribution is -2.41. The summed E-state index contributed by atoms with van der Waals surface area (Å²) in [6.07, 6.45) is 12.6. The molecule has 208 valence electrons. The number of nitrogens with zero attached hydrogens (tertiary/aromatic N) is 1. The van der Waals surface area contributed by atoms with E-state index in [9.17, 15) is 9.59 Å². The maximum atomic E-state index is 13.3. The van der Waals surface area contributed by atoms with Crippen LogP contribution < -0.4 is 4.74 Å². The Morgan fingerprint density at radius 2 is 1.77 bits per heavy atom. The number of rotatable bonds is 10. The van der Waals surface area contributed by atoms with Crippen LogP contribution >= 0.6 is 0 Å². The largest absolute Gasteiger partial charge is 0.489 e. The van der Waals surface area contributed by atoms with Gasteiger partial charge in [-0.2, -0.15) is 0 Å². The smallest absolute Gasteiger partial charge is 0.416 e. The molecule has 0 N–H and O–H groups in total. The Bertz CT molecular complexity index is 1140. The van der Waals surface area contributed by atoms with Crippen molar-refractivity contribution in [2.24, 2.45) is 5.41 Å². The number of hydrogen-bond acceptors (Lipinski definition) is 5. The highest BCUT2D eigenvalue weighted by molar-refractivity contribution is 5.93. The highest BCUT2D eigenvalue weighted by Gasteiger charge is 2.39. The number of hydrogen-bond donors (Lipinski definition) is 0. The second-order valence-corrected chi connectivity index (χ2v) is 11.3. The van der Waals surface area contributed by atoms with Gasteiger partial charge in [-0.3, -0.25) is 4.79 Å². The van der Waals surface area contributed by atoms with Crippen molar-refractivity contribution < 1.29 is 23.8 Å². The van der Waals surface area contributed by atoms with E-state index in [1.807, 2.05) is 61.5 Å². The molecule has 5 rings (SSSR count). The summed E-state index contributed by atoms with van der Waals surface area (Å²) in [7, 11) is 0. The lowest BCUT2D eigenvalue weighted by atomic mass is 9.67. The van der Waals surface area contributed by atoms with Crippen molar-refractivity contribution in [3.8, 4) is 5.75 Å². The molecular formula is C33H41NO5. The summed E-state index contributed by atoms with van der Waals surface area (Å²) >= 11 is 0. The van der Waals surface area contributed by atoms with Crippen LogP contribution in [0.3, 0.4) is 0 Å². The van der Waals surface area contributed by atoms with Crippen molar-refractivity contribution in [3.63, 3.8) is 0 Å². The molecule has 2 atom stereocenters. The molecule has 39 heavy (non-hydrogen) atoms. The molecule has 6 nitrogen and oxygen atoms in total. The quantitative estimate of drug-likeness (QED) is 0.304. The maximum absolute atomic E-state index is 13.3. The van der Waals surface area contributed by atoms with Gasteiger partial charge in [-0.15, -0.1) is 0 Å². The van der Waals surface area contributed by atoms with Gasteiger partial charge in [0.25, 0.3) is 0 Å². The van der Waals surface area contributed by atoms with E-state index in [4.69, 9.17) is 14.2 Å². The van der Waals surface area contributed by atoms with Crippen LogP contribution in [0, 0.1) is 5.41 Å². The van der Waals surface area contributed by atoms with Crippen molar-refractivity contribution >= 4 is 12.0 Å². The number of amides is 2. The van der Waals surface area contributed by atoms with Crippen LogP contribution in [-0.4, -0.2) is 42.8 Å². The average Bonchev–Trinajstić information content (AvgIpc) is 3.32. The predicted molar refractivity (Wildman–Crippen MR) is 151 cm³/mol. The third-order valence-corrected chi connectivity index (χ3v) is 8.48. The topological polar surface area (TPSA) is 65.1 Å². The van der Waals surface area contributed by atoms with Crippen LogP contribution in [0.25, 0.3) is 0 Å². The average molecular weight is 532 g/mol. The first-order chi connectivity index (χ1) is 19.0. The summed E-state index contributed by atoms with van der Waals surface area (Å²) in [5.74, 6) is 0.536. The van der Waals surface area contributed by atoms with Gasteiger partial charge in [0.05, 0.1) is 18.6 Å². The SMILES string of the molecule is CCO[C@H](CC(=O)N1C(=O)OCC1Cc1ccccc1)c1ccc(OCC2=CC3(CCCCC3)CCC2)cc1. The lowest BCUT2D eigenvalue weighted by Gasteiger charge is -2.38. The van der Waals surface area contributed by atoms with E-state index in [2.05, 4.69) is 6.08 Å². The summed E-state index contributed by atoms with van der Waals surface area (Å²) in [5, 5.41) is 0. The number of imide groups is 1. The Labute approximate surface area is 232 Å². The molecule has 1 saturated carbocycles. The molecule has 2 aliphatic carbocycles. The Hall–Kier alpha value is -3.12. The third-order valence-electron chi connectivity index (χ3n) is 8.48. The fourth-order valence-electron chi connectivity index (χ4n) is 6.50. The van der Waals surface area contributed by atoms with Crippen LogP contribution in [0.1, 0.15) is 81.9 Å². The lowest BCUT2D eigenvalue weighted by molar-refractivity contribution is -0.132. The minimum Gasteiger partial charge on any atom is -0.489 e. The van der Waals surface area contributed by atoms with Crippen molar-refractivity contribution in [3.05, 3.63) is 77.4 Å². The predicted octanol–water partition coefficient (Wildman–Crippen LogP) is 7.18. The number of benzene rings is 2. The van der Waals surface area contributed by atoms with Crippen molar-refractivity contribution in [2.75, 3.05) is 19.8 Å². The molecule has 1 heterocycles. The number of cyclic esters (lactones) is 1. The standard InChI is InChI=1S/C33H41NO5/c1-2-37-30(21-31(35)34-28(24-39-32(34)36)20-25-10-5-3-6-11-25)27-13-15-29(16-14-27)38-23-26-12-9-19-33(22-26)17-7-4-8-18-33/h3,5-6,10-11,13-16,22,28,30H,2,4,7-9,12,17-21,23-24H2,1H3/t28?,30-/m1/s1. The number of allylic oxidation sites excluding steroid dienone is 1. The summed E-state index contributed by atoms with van der Waals surface area (Å²) < 4.78 is 17.4. The van der Waals surface area contributed by atoms with E-state index < -0.39 is 12.2 Å². The van der Waals surface area contributed by atoms with E-state index in [1.165, 1.54) is 55.4 Å². The normalized spacial score (nSPS) is 21.4. The molecule has 0 radical (unpaired) electrons. The van der Waals surface area contributed by atoms with E-state index in [0.29, 0.717) is 25.0 Å². The van der Waals surface area contributed by atoms with Crippen LogP contribution in [0.15, 0.2) is 66.2 Å². The molecule has 1 aliphatic heterocycles. The van der Waals surface area contributed by atoms with Gasteiger partial charge in [0.2, 0.25) is 5.91 Å². The Morgan fingerprint density at radius 1 is 1.03 bits per heavy atom. The van der Waals surface area contributed by atoms with Gasteiger partial charge in [0.15, 0.2) is 0 Å². The van der Waals surface area contributed by atoms with Gasteiger partial charge in [0, 0.05) is 6.61 Å². The Kier molecular flexibility index (Phi) is 9.02. The van der Waals surface area contributed by atoms with Gasteiger partial charge >= 0.3 is 6.09 Å². The zero-order chi connectivity index (χ0) is 27.1. The second-order valence-electron chi connectivity index (χ2n) is 11.3. The molecule has 1 spiro atoms. The van der Waals surface area contributed by atoms with Crippen molar-refractivity contribution in [1.29, 1.82) is 0 Å².